The van der Waals surface area contributed by atoms with Crippen molar-refractivity contribution in [1.29, 1.82) is 0 Å². The second kappa shape index (κ2) is 6.97. The molecule has 1 N–H and O–H groups in total. The predicted molar refractivity (Wildman–Crippen MR) is 79.1 cm³/mol. The molecule has 0 saturated heterocycles. The molecular weight excluding hydrogens is 280 g/mol. The molecule has 114 valence electrons. The number of aliphatic imine (C=N–C) groups is 1. The lowest BCUT2D eigenvalue weighted by molar-refractivity contribution is -0.143. The monoisotopic (exact) mass is 302 g/mol. The van der Waals surface area contributed by atoms with Gasteiger partial charge in [-0.15, -0.1) is 11.8 Å². The summed E-state index contributed by atoms with van der Waals surface area (Å²) in [5.41, 5.74) is -0.540. The molecule has 0 aliphatic carbocycles. The van der Waals surface area contributed by atoms with E-state index in [9.17, 15) is 9.59 Å². The number of ether oxygens (including phenoxy) is 2. The molecule has 0 spiro atoms. The molecule has 0 saturated carbocycles. The van der Waals surface area contributed by atoms with Crippen molar-refractivity contribution in [2.24, 2.45) is 4.99 Å². The number of nitrogens with one attached hydrogen (secondary N) is 1. The van der Waals surface area contributed by atoms with Gasteiger partial charge >= 0.3 is 12.1 Å². The highest BCUT2D eigenvalue weighted by Gasteiger charge is 2.29. The number of carbonyl (C=O) groups excluding carboxylic acids is 2. The van der Waals surface area contributed by atoms with Crippen molar-refractivity contribution in [1.82, 2.24) is 5.32 Å². The SMILES string of the molecule is CCOC(=O)[C@H]1CSC(C(C)NC(=O)OC(C)(C)C)=N1. The Bertz CT molecular complexity index is 404. The minimum atomic E-state index is -0.540. The van der Waals surface area contributed by atoms with Crippen molar-refractivity contribution >= 4 is 28.9 Å². The molecule has 1 amide bonds. The average molecular weight is 302 g/mol. The zero-order chi connectivity index (χ0) is 15.3. The molecule has 1 unspecified atom stereocenters. The van der Waals surface area contributed by atoms with Gasteiger partial charge in [-0.05, 0) is 34.6 Å². The number of carbonyl (C=O) groups is 2. The first kappa shape index (κ1) is 16.8. The van der Waals surface area contributed by atoms with Gasteiger partial charge in [0.1, 0.15) is 5.60 Å². The van der Waals surface area contributed by atoms with Crippen molar-refractivity contribution in [2.75, 3.05) is 12.4 Å². The van der Waals surface area contributed by atoms with E-state index in [1.807, 2.05) is 6.92 Å². The lowest BCUT2D eigenvalue weighted by atomic mass is 10.2. The summed E-state index contributed by atoms with van der Waals surface area (Å²) in [5.74, 6) is 0.230. The number of thioether (sulfide) groups is 1. The van der Waals surface area contributed by atoms with Crippen LogP contribution in [0.1, 0.15) is 34.6 Å². The highest BCUT2D eigenvalue weighted by Crippen LogP contribution is 2.21. The fourth-order valence-corrected chi connectivity index (χ4v) is 2.58. The number of rotatable bonds is 4. The molecular formula is C13H22N2O4S. The summed E-state index contributed by atoms with van der Waals surface area (Å²) in [5, 5.41) is 3.42. The normalized spacial score (nSPS) is 20.1. The van der Waals surface area contributed by atoms with Crippen LogP contribution >= 0.6 is 11.8 Å². The molecule has 1 aliphatic rings. The van der Waals surface area contributed by atoms with Gasteiger partial charge in [-0.25, -0.2) is 9.59 Å². The molecule has 1 heterocycles. The third kappa shape index (κ3) is 5.40. The summed E-state index contributed by atoms with van der Waals surface area (Å²) >= 11 is 1.45. The molecule has 0 fully saturated rings. The number of amides is 1. The minimum absolute atomic E-state index is 0.283. The Morgan fingerprint density at radius 3 is 2.70 bits per heavy atom. The van der Waals surface area contributed by atoms with Gasteiger partial charge in [0.25, 0.3) is 0 Å². The molecule has 0 aromatic heterocycles. The van der Waals surface area contributed by atoms with Gasteiger partial charge in [-0.2, -0.15) is 0 Å². The largest absolute Gasteiger partial charge is 0.464 e. The smallest absolute Gasteiger partial charge is 0.408 e. The molecule has 1 rings (SSSR count). The summed E-state index contributed by atoms with van der Waals surface area (Å²) in [7, 11) is 0. The van der Waals surface area contributed by atoms with Gasteiger partial charge in [0.2, 0.25) is 0 Å². The van der Waals surface area contributed by atoms with Crippen molar-refractivity contribution in [3.63, 3.8) is 0 Å². The van der Waals surface area contributed by atoms with Crippen molar-refractivity contribution < 1.29 is 19.1 Å². The Kier molecular flexibility index (Phi) is 5.86. The number of hydrogen-bond acceptors (Lipinski definition) is 6. The summed E-state index contributed by atoms with van der Waals surface area (Å²) in [4.78, 5) is 27.5. The lowest BCUT2D eigenvalue weighted by Crippen LogP contribution is -2.40. The van der Waals surface area contributed by atoms with Gasteiger partial charge in [-0.1, -0.05) is 0 Å². The highest BCUT2D eigenvalue weighted by atomic mass is 32.2. The Morgan fingerprint density at radius 1 is 1.50 bits per heavy atom. The fraction of sp³-hybridized carbons (Fsp3) is 0.769. The molecule has 1 aliphatic heterocycles. The Morgan fingerprint density at radius 2 is 2.15 bits per heavy atom. The second-order valence-electron chi connectivity index (χ2n) is 5.41. The van der Waals surface area contributed by atoms with E-state index in [0.717, 1.165) is 0 Å². The van der Waals surface area contributed by atoms with E-state index in [1.54, 1.807) is 27.7 Å². The maximum Gasteiger partial charge on any atom is 0.408 e. The van der Waals surface area contributed by atoms with E-state index < -0.39 is 17.7 Å². The molecule has 0 aromatic rings. The first-order valence-electron chi connectivity index (χ1n) is 6.59. The predicted octanol–water partition coefficient (Wildman–Crippen LogP) is 1.98. The van der Waals surface area contributed by atoms with Crippen LogP contribution in [0.5, 0.6) is 0 Å². The first-order chi connectivity index (χ1) is 9.23. The van der Waals surface area contributed by atoms with Gasteiger partial charge in [0.05, 0.1) is 17.7 Å². The molecule has 2 atom stereocenters. The number of hydrogen-bond donors (Lipinski definition) is 1. The van der Waals surface area contributed by atoms with Crippen LogP contribution in [0.25, 0.3) is 0 Å². The van der Waals surface area contributed by atoms with Crippen LogP contribution in [0, 0.1) is 0 Å². The maximum atomic E-state index is 11.7. The Balaban J connectivity index is 2.52. The van der Waals surface area contributed by atoms with E-state index in [2.05, 4.69) is 10.3 Å². The second-order valence-corrected chi connectivity index (χ2v) is 6.45. The number of alkyl carbamates (subject to hydrolysis) is 1. The van der Waals surface area contributed by atoms with E-state index in [-0.39, 0.29) is 12.0 Å². The Labute approximate surface area is 123 Å². The van der Waals surface area contributed by atoms with E-state index in [1.165, 1.54) is 11.8 Å². The third-order valence-electron chi connectivity index (χ3n) is 2.33. The zero-order valence-corrected chi connectivity index (χ0v) is 13.4. The Hall–Kier alpha value is -1.24. The molecule has 7 heteroatoms. The average Bonchev–Trinajstić information content (AvgIpc) is 2.75. The molecule has 0 bridgehead atoms. The zero-order valence-electron chi connectivity index (χ0n) is 12.6. The topological polar surface area (TPSA) is 77.0 Å². The molecule has 0 radical (unpaired) electrons. The van der Waals surface area contributed by atoms with Crippen LogP contribution in [-0.4, -0.2) is 47.2 Å². The van der Waals surface area contributed by atoms with Crippen molar-refractivity contribution in [3.8, 4) is 0 Å². The highest BCUT2D eigenvalue weighted by molar-refractivity contribution is 8.14. The summed E-state index contributed by atoms with van der Waals surface area (Å²) < 4.78 is 10.1. The van der Waals surface area contributed by atoms with Gasteiger partial charge in [0.15, 0.2) is 6.04 Å². The van der Waals surface area contributed by atoms with Crippen LogP contribution in [0.3, 0.4) is 0 Å². The maximum absolute atomic E-state index is 11.7. The number of esters is 1. The quantitative estimate of drug-likeness (QED) is 0.803. The lowest BCUT2D eigenvalue weighted by Gasteiger charge is -2.21. The van der Waals surface area contributed by atoms with E-state index >= 15 is 0 Å². The first-order valence-corrected chi connectivity index (χ1v) is 7.58. The third-order valence-corrected chi connectivity index (χ3v) is 3.57. The number of nitrogens with zero attached hydrogens (tertiary/aromatic N) is 1. The van der Waals surface area contributed by atoms with Gasteiger partial charge < -0.3 is 14.8 Å². The van der Waals surface area contributed by atoms with Crippen molar-refractivity contribution in [2.45, 2.75) is 52.3 Å². The van der Waals surface area contributed by atoms with Crippen LogP contribution in [0.2, 0.25) is 0 Å². The van der Waals surface area contributed by atoms with Crippen molar-refractivity contribution in [3.05, 3.63) is 0 Å². The van der Waals surface area contributed by atoms with Gasteiger partial charge in [0, 0.05) is 5.75 Å². The van der Waals surface area contributed by atoms with Crippen LogP contribution in [0.4, 0.5) is 4.79 Å². The molecule has 0 aromatic carbocycles. The molecule has 20 heavy (non-hydrogen) atoms. The minimum Gasteiger partial charge on any atom is -0.464 e. The van der Waals surface area contributed by atoms with Gasteiger partial charge in [-0.3, -0.25) is 4.99 Å². The van der Waals surface area contributed by atoms with Crippen LogP contribution in [-0.2, 0) is 14.3 Å². The summed E-state index contributed by atoms with van der Waals surface area (Å²) in [6.45, 7) is 9.32. The molecule has 6 nitrogen and oxygen atoms in total. The van der Waals surface area contributed by atoms with Crippen LogP contribution < -0.4 is 5.32 Å². The van der Waals surface area contributed by atoms with E-state index in [4.69, 9.17) is 9.47 Å². The summed E-state index contributed by atoms with van der Waals surface area (Å²) in [6.07, 6.45) is -0.493. The van der Waals surface area contributed by atoms with Crippen LogP contribution in [0.15, 0.2) is 4.99 Å². The summed E-state index contributed by atoms with van der Waals surface area (Å²) in [6, 6.07) is -0.757. The fourth-order valence-electron chi connectivity index (χ4n) is 1.53. The van der Waals surface area contributed by atoms with E-state index in [0.29, 0.717) is 17.4 Å². The standard InChI is InChI=1S/C13H22N2O4S/c1-6-18-11(16)9-7-20-10(15-9)8(2)14-12(17)19-13(3,4)5/h8-9H,6-7H2,1-5H3,(H,14,17)/t8?,9-/m1/s1.